The van der Waals surface area contributed by atoms with Gasteiger partial charge in [0, 0.05) is 25.2 Å². The molecule has 1 aromatic carbocycles. The van der Waals surface area contributed by atoms with Crippen molar-refractivity contribution < 1.29 is 22.9 Å². The van der Waals surface area contributed by atoms with Crippen molar-refractivity contribution in [2.45, 2.75) is 44.2 Å². The number of ether oxygens (including phenoxy) is 1. The minimum atomic E-state index is -4.15. The van der Waals surface area contributed by atoms with Gasteiger partial charge < -0.3 is 9.64 Å². The molecule has 0 aliphatic carbocycles. The minimum Gasteiger partial charge on any atom is -0.444 e. The standard InChI is InChI=1S/C17H25N3O6S/c1-6-11-19(16(21)26-17(3,4)5)12-13(2)18-27(24,25)15-10-8-7-9-14(15)20(22)23/h6-10,13,18H,1,11-12H2,2-5H3/t13-/m1/s1. The van der Waals surface area contributed by atoms with E-state index in [-0.39, 0.29) is 13.1 Å². The number of hydrogen-bond donors (Lipinski definition) is 1. The molecule has 1 amide bonds. The summed E-state index contributed by atoms with van der Waals surface area (Å²) in [6.45, 7) is 10.4. The summed E-state index contributed by atoms with van der Waals surface area (Å²) in [5.41, 5.74) is -1.23. The first-order valence-corrected chi connectivity index (χ1v) is 9.70. The molecule has 0 unspecified atom stereocenters. The maximum atomic E-state index is 12.5. The Morgan fingerprint density at radius 1 is 1.41 bits per heavy atom. The number of nitrogens with one attached hydrogen (secondary N) is 1. The van der Waals surface area contributed by atoms with Crippen molar-refractivity contribution in [1.82, 2.24) is 9.62 Å². The molecule has 1 N–H and O–H groups in total. The van der Waals surface area contributed by atoms with Gasteiger partial charge in [-0.2, -0.15) is 0 Å². The van der Waals surface area contributed by atoms with Crippen LogP contribution in [-0.2, 0) is 14.8 Å². The summed E-state index contributed by atoms with van der Waals surface area (Å²) in [6.07, 6.45) is 0.881. The van der Waals surface area contributed by atoms with Crippen molar-refractivity contribution in [2.75, 3.05) is 13.1 Å². The fraction of sp³-hybridized carbons (Fsp3) is 0.471. The second-order valence-electron chi connectivity index (χ2n) is 6.92. The van der Waals surface area contributed by atoms with Gasteiger partial charge >= 0.3 is 6.09 Å². The zero-order valence-electron chi connectivity index (χ0n) is 15.8. The van der Waals surface area contributed by atoms with Crippen LogP contribution in [0.25, 0.3) is 0 Å². The first-order valence-electron chi connectivity index (χ1n) is 8.22. The summed E-state index contributed by atoms with van der Waals surface area (Å²) in [5, 5.41) is 11.1. The van der Waals surface area contributed by atoms with E-state index in [1.165, 1.54) is 23.1 Å². The lowest BCUT2D eigenvalue weighted by molar-refractivity contribution is -0.387. The van der Waals surface area contributed by atoms with Crippen LogP contribution in [-0.4, -0.2) is 49.1 Å². The number of amides is 1. The van der Waals surface area contributed by atoms with Crippen molar-refractivity contribution in [3.63, 3.8) is 0 Å². The van der Waals surface area contributed by atoms with Crippen molar-refractivity contribution in [1.29, 1.82) is 0 Å². The zero-order valence-corrected chi connectivity index (χ0v) is 16.7. The van der Waals surface area contributed by atoms with Crippen LogP contribution in [0.5, 0.6) is 0 Å². The van der Waals surface area contributed by atoms with Gasteiger partial charge in [-0.05, 0) is 33.8 Å². The molecule has 0 bridgehead atoms. The average molecular weight is 399 g/mol. The Bertz CT molecular complexity index is 801. The lowest BCUT2D eigenvalue weighted by Crippen LogP contribution is -2.46. The number of nitro benzene ring substituents is 1. The van der Waals surface area contributed by atoms with Crippen molar-refractivity contribution in [2.24, 2.45) is 0 Å². The van der Waals surface area contributed by atoms with Gasteiger partial charge in [-0.25, -0.2) is 17.9 Å². The number of hydrogen-bond acceptors (Lipinski definition) is 6. The summed E-state index contributed by atoms with van der Waals surface area (Å²) in [5.74, 6) is 0. The number of para-hydroxylation sites is 1. The van der Waals surface area contributed by atoms with Crippen LogP contribution >= 0.6 is 0 Å². The van der Waals surface area contributed by atoms with E-state index in [1.807, 2.05) is 0 Å². The number of benzene rings is 1. The van der Waals surface area contributed by atoms with Gasteiger partial charge in [-0.1, -0.05) is 18.2 Å². The van der Waals surface area contributed by atoms with Crippen LogP contribution in [0.3, 0.4) is 0 Å². The highest BCUT2D eigenvalue weighted by atomic mass is 32.2. The largest absolute Gasteiger partial charge is 0.444 e. The molecule has 0 fully saturated rings. The molecule has 0 aliphatic rings. The molecule has 9 nitrogen and oxygen atoms in total. The summed E-state index contributed by atoms with van der Waals surface area (Å²) >= 11 is 0. The molecule has 0 spiro atoms. The number of carbonyl (C=O) groups is 1. The smallest absolute Gasteiger partial charge is 0.410 e. The van der Waals surface area contributed by atoms with Crippen LogP contribution in [0.15, 0.2) is 41.8 Å². The maximum Gasteiger partial charge on any atom is 0.410 e. The van der Waals surface area contributed by atoms with E-state index in [0.29, 0.717) is 0 Å². The monoisotopic (exact) mass is 399 g/mol. The second-order valence-corrected chi connectivity index (χ2v) is 8.60. The number of sulfonamides is 1. The highest BCUT2D eigenvalue weighted by Crippen LogP contribution is 2.23. The molecule has 0 saturated heterocycles. The Kier molecular flexibility index (Phi) is 7.49. The first-order chi connectivity index (χ1) is 12.4. The quantitative estimate of drug-likeness (QED) is 0.408. The predicted octanol–water partition coefficient (Wildman–Crippen LogP) is 2.68. The Hall–Kier alpha value is -2.46. The Morgan fingerprint density at radius 2 is 2.00 bits per heavy atom. The average Bonchev–Trinajstić information content (AvgIpc) is 2.52. The first kappa shape index (κ1) is 22.6. The molecule has 0 aliphatic heterocycles. The second kappa shape index (κ2) is 8.96. The normalized spacial score (nSPS) is 12.9. The number of carbonyl (C=O) groups excluding carboxylic acids is 1. The molecule has 27 heavy (non-hydrogen) atoms. The number of rotatable bonds is 8. The van der Waals surface area contributed by atoms with E-state index >= 15 is 0 Å². The molecule has 150 valence electrons. The molecule has 1 aromatic rings. The van der Waals surface area contributed by atoms with E-state index in [0.717, 1.165) is 12.1 Å². The molecule has 0 heterocycles. The number of nitro groups is 1. The van der Waals surface area contributed by atoms with Gasteiger partial charge in [0.05, 0.1) is 4.92 Å². The lowest BCUT2D eigenvalue weighted by atomic mass is 10.2. The number of nitrogens with zero attached hydrogens (tertiary/aromatic N) is 2. The molecular formula is C17H25N3O6S. The third-order valence-electron chi connectivity index (χ3n) is 3.20. The fourth-order valence-electron chi connectivity index (χ4n) is 2.24. The van der Waals surface area contributed by atoms with Crippen LogP contribution in [0, 0.1) is 10.1 Å². The molecule has 0 aromatic heterocycles. The van der Waals surface area contributed by atoms with Gasteiger partial charge in [0.15, 0.2) is 4.90 Å². The van der Waals surface area contributed by atoms with Crippen LogP contribution in [0.2, 0.25) is 0 Å². The van der Waals surface area contributed by atoms with Gasteiger partial charge in [0.1, 0.15) is 5.60 Å². The highest BCUT2D eigenvalue weighted by Gasteiger charge is 2.28. The van der Waals surface area contributed by atoms with E-state index in [4.69, 9.17) is 4.74 Å². The Morgan fingerprint density at radius 3 is 2.52 bits per heavy atom. The SMILES string of the molecule is C=CCN(C[C@@H](C)NS(=O)(=O)c1ccccc1[N+](=O)[O-])C(=O)OC(C)(C)C. The summed E-state index contributed by atoms with van der Waals surface area (Å²) in [4.78, 5) is 23.4. The van der Waals surface area contributed by atoms with Crippen LogP contribution in [0.1, 0.15) is 27.7 Å². The van der Waals surface area contributed by atoms with E-state index in [9.17, 15) is 23.3 Å². The minimum absolute atomic E-state index is 0.000788. The Labute approximate surface area is 159 Å². The molecule has 0 saturated carbocycles. The van der Waals surface area contributed by atoms with Gasteiger partial charge in [-0.3, -0.25) is 10.1 Å². The van der Waals surface area contributed by atoms with Crippen LogP contribution in [0.4, 0.5) is 10.5 Å². The van der Waals surface area contributed by atoms with Crippen LogP contribution < -0.4 is 4.72 Å². The third-order valence-corrected chi connectivity index (χ3v) is 4.84. The third kappa shape index (κ3) is 6.99. The zero-order chi connectivity index (χ0) is 20.8. The van der Waals surface area contributed by atoms with E-state index in [1.54, 1.807) is 27.7 Å². The van der Waals surface area contributed by atoms with Crippen molar-refractivity contribution >= 4 is 21.8 Å². The molecule has 1 rings (SSSR count). The highest BCUT2D eigenvalue weighted by molar-refractivity contribution is 7.89. The molecule has 1 atom stereocenters. The van der Waals surface area contributed by atoms with E-state index in [2.05, 4.69) is 11.3 Å². The van der Waals surface area contributed by atoms with E-state index < -0.39 is 43.3 Å². The van der Waals surface area contributed by atoms with Gasteiger partial charge in [0.2, 0.25) is 10.0 Å². The van der Waals surface area contributed by atoms with Crippen molar-refractivity contribution in [3.8, 4) is 0 Å². The lowest BCUT2D eigenvalue weighted by Gasteiger charge is -2.28. The molecular weight excluding hydrogens is 374 g/mol. The maximum absolute atomic E-state index is 12.5. The fourth-order valence-corrected chi connectivity index (χ4v) is 3.64. The van der Waals surface area contributed by atoms with Crippen molar-refractivity contribution in [3.05, 3.63) is 47.0 Å². The molecule has 10 heteroatoms. The summed E-state index contributed by atoms with van der Waals surface area (Å²) in [7, 11) is -4.15. The Balaban J connectivity index is 2.95. The topological polar surface area (TPSA) is 119 Å². The van der Waals surface area contributed by atoms with Gasteiger partial charge in [0.25, 0.3) is 5.69 Å². The summed E-state index contributed by atoms with van der Waals surface area (Å²) in [6, 6.07) is 4.33. The van der Waals surface area contributed by atoms with Gasteiger partial charge in [-0.15, -0.1) is 6.58 Å². The summed E-state index contributed by atoms with van der Waals surface area (Å²) < 4.78 is 32.7. The predicted molar refractivity (Wildman–Crippen MR) is 101 cm³/mol. The molecule has 0 radical (unpaired) electrons.